The summed E-state index contributed by atoms with van der Waals surface area (Å²) >= 11 is 0. The highest BCUT2D eigenvalue weighted by atomic mass is 19.4. The predicted octanol–water partition coefficient (Wildman–Crippen LogP) is 3.07. The normalized spacial score (nSPS) is 22.9. The number of aliphatic carboxylic acids is 2. The quantitative estimate of drug-likeness (QED) is 0.312. The van der Waals surface area contributed by atoms with Crippen molar-refractivity contribution in [3.8, 4) is 0 Å². The molecule has 2 fully saturated rings. The summed E-state index contributed by atoms with van der Waals surface area (Å²) in [7, 11) is 0. The monoisotopic (exact) mass is 495 g/mol. The van der Waals surface area contributed by atoms with Crippen LogP contribution in [0.25, 0.3) is 0 Å². The van der Waals surface area contributed by atoms with Gasteiger partial charge in [-0.3, -0.25) is 14.5 Å². The van der Waals surface area contributed by atoms with Crippen molar-refractivity contribution in [2.75, 3.05) is 13.1 Å². The van der Waals surface area contributed by atoms with Gasteiger partial charge >= 0.3 is 18.1 Å². The minimum atomic E-state index is -5.08. The number of carboxylic acid groups (broad SMARTS) is 2. The standard InChI is InChI=1S/C19H28FN3O4.C2HF3O2/c1-13-8-16(27-22-13)12-23-11-14(20)9-15(23)10-21-17(24)19(18(25)26)6-4-2-3-5-7-19;3-2(4,5)1(6)7/h8,14-15H,2-7,9-12H2,1H3,(H,21,24)(H,25,26);(H,6,7)/t14-,15-;/m0./s1. The van der Waals surface area contributed by atoms with E-state index in [0.29, 0.717) is 31.6 Å². The zero-order valence-electron chi connectivity index (χ0n) is 18.7. The first kappa shape index (κ1) is 27.5. The molecule has 9 nitrogen and oxygen atoms in total. The lowest BCUT2D eigenvalue weighted by molar-refractivity contribution is -0.192. The number of hydrogen-bond donors (Lipinski definition) is 3. The number of carbonyl (C=O) groups is 3. The van der Waals surface area contributed by atoms with Crippen molar-refractivity contribution in [1.82, 2.24) is 15.4 Å². The van der Waals surface area contributed by atoms with Gasteiger partial charge in [0.2, 0.25) is 5.91 Å². The van der Waals surface area contributed by atoms with Crippen molar-refractivity contribution in [2.45, 2.75) is 76.8 Å². The van der Waals surface area contributed by atoms with Gasteiger partial charge < -0.3 is 20.1 Å². The van der Waals surface area contributed by atoms with Crippen molar-refractivity contribution < 1.29 is 46.7 Å². The minimum absolute atomic E-state index is 0.189. The van der Waals surface area contributed by atoms with E-state index in [0.717, 1.165) is 31.4 Å². The van der Waals surface area contributed by atoms with Gasteiger partial charge in [-0.15, -0.1) is 0 Å². The second-order valence-corrected chi connectivity index (χ2v) is 8.67. The summed E-state index contributed by atoms with van der Waals surface area (Å²) < 4.78 is 50.9. The Morgan fingerprint density at radius 2 is 1.79 bits per heavy atom. The van der Waals surface area contributed by atoms with Crippen LogP contribution >= 0.6 is 0 Å². The summed E-state index contributed by atoms with van der Waals surface area (Å²) in [6, 6.07) is 1.62. The fourth-order valence-corrected chi connectivity index (χ4v) is 4.27. The van der Waals surface area contributed by atoms with Gasteiger partial charge in [-0.05, 0) is 26.2 Å². The van der Waals surface area contributed by atoms with Crippen molar-refractivity contribution >= 4 is 17.8 Å². The van der Waals surface area contributed by atoms with Crippen molar-refractivity contribution in [2.24, 2.45) is 5.41 Å². The number of amides is 1. The maximum absolute atomic E-state index is 14.0. The SMILES string of the molecule is Cc1cc(CN2C[C@@H](F)C[C@H]2CNC(=O)C2(C(=O)O)CCCCCC2)on1.O=C(O)C(F)(F)F. The number of aryl methyl sites for hydroxylation is 1. The van der Waals surface area contributed by atoms with Crippen LogP contribution in [0.2, 0.25) is 0 Å². The number of nitrogens with zero attached hydrogens (tertiary/aromatic N) is 2. The molecule has 2 aliphatic rings. The third kappa shape index (κ3) is 7.40. The highest BCUT2D eigenvalue weighted by Crippen LogP contribution is 2.36. The third-order valence-corrected chi connectivity index (χ3v) is 6.05. The molecule has 192 valence electrons. The zero-order valence-corrected chi connectivity index (χ0v) is 18.7. The van der Waals surface area contributed by atoms with Crippen LogP contribution in [-0.4, -0.2) is 69.6 Å². The molecule has 1 aromatic heterocycles. The number of hydrogen-bond acceptors (Lipinski definition) is 6. The van der Waals surface area contributed by atoms with Crippen LogP contribution in [0.1, 0.15) is 56.4 Å². The first-order chi connectivity index (χ1) is 15.8. The number of alkyl halides is 4. The third-order valence-electron chi connectivity index (χ3n) is 6.05. The number of carbonyl (C=O) groups excluding carboxylic acids is 1. The summed E-state index contributed by atoms with van der Waals surface area (Å²) in [6.45, 7) is 2.75. The lowest BCUT2D eigenvalue weighted by Crippen LogP contribution is -2.49. The maximum Gasteiger partial charge on any atom is 0.490 e. The molecular formula is C21H29F4N3O6. The van der Waals surface area contributed by atoms with Gasteiger partial charge in [0, 0.05) is 25.2 Å². The molecule has 0 bridgehead atoms. The van der Waals surface area contributed by atoms with Crippen LogP contribution in [0.15, 0.2) is 10.6 Å². The molecule has 1 aromatic rings. The van der Waals surface area contributed by atoms with E-state index in [1.165, 1.54) is 0 Å². The highest BCUT2D eigenvalue weighted by Gasteiger charge is 2.46. The summed E-state index contributed by atoms with van der Waals surface area (Å²) in [5.74, 6) is -3.59. The molecule has 1 saturated carbocycles. The number of halogens is 4. The van der Waals surface area contributed by atoms with Gasteiger partial charge in [0.15, 0.2) is 5.76 Å². The van der Waals surface area contributed by atoms with Gasteiger partial charge in [0.1, 0.15) is 11.6 Å². The van der Waals surface area contributed by atoms with E-state index in [9.17, 15) is 32.3 Å². The molecule has 13 heteroatoms. The van der Waals surface area contributed by atoms with Crippen LogP contribution in [0.5, 0.6) is 0 Å². The van der Waals surface area contributed by atoms with Crippen LogP contribution in [-0.2, 0) is 20.9 Å². The Morgan fingerprint density at radius 1 is 1.21 bits per heavy atom. The van der Waals surface area contributed by atoms with Gasteiger partial charge in [-0.2, -0.15) is 13.2 Å². The minimum Gasteiger partial charge on any atom is -0.480 e. The van der Waals surface area contributed by atoms with E-state index >= 15 is 0 Å². The summed E-state index contributed by atoms with van der Waals surface area (Å²) in [5, 5.41) is 23.5. The van der Waals surface area contributed by atoms with Crippen molar-refractivity contribution in [1.29, 1.82) is 0 Å². The fourth-order valence-electron chi connectivity index (χ4n) is 4.27. The maximum atomic E-state index is 14.0. The number of carboxylic acids is 2. The Bertz CT molecular complexity index is 852. The van der Waals surface area contributed by atoms with E-state index in [4.69, 9.17) is 14.4 Å². The summed E-state index contributed by atoms with van der Waals surface area (Å²) in [4.78, 5) is 35.5. The molecule has 1 aliphatic carbocycles. The second kappa shape index (κ2) is 11.6. The molecule has 3 rings (SSSR count). The van der Waals surface area contributed by atoms with Crippen LogP contribution < -0.4 is 5.32 Å². The molecule has 0 spiro atoms. The zero-order chi connectivity index (χ0) is 25.5. The Labute approximate surface area is 193 Å². The smallest absolute Gasteiger partial charge is 0.480 e. The highest BCUT2D eigenvalue weighted by molar-refractivity contribution is 6.01. The van der Waals surface area contributed by atoms with Gasteiger partial charge in [0.25, 0.3) is 0 Å². The molecule has 0 unspecified atom stereocenters. The largest absolute Gasteiger partial charge is 0.490 e. The van der Waals surface area contributed by atoms with E-state index < -0.39 is 35.6 Å². The van der Waals surface area contributed by atoms with E-state index in [-0.39, 0.29) is 19.1 Å². The average molecular weight is 495 g/mol. The lowest BCUT2D eigenvalue weighted by atomic mass is 9.79. The molecule has 3 N–H and O–H groups in total. The average Bonchev–Trinajstić information content (AvgIpc) is 3.19. The Kier molecular flexibility index (Phi) is 9.42. The Morgan fingerprint density at radius 3 is 2.26 bits per heavy atom. The van der Waals surface area contributed by atoms with Crippen molar-refractivity contribution in [3.63, 3.8) is 0 Å². The topological polar surface area (TPSA) is 133 Å². The first-order valence-electron chi connectivity index (χ1n) is 11.0. The molecule has 2 atom stereocenters. The van der Waals surface area contributed by atoms with Gasteiger partial charge in [-0.25, -0.2) is 9.18 Å². The predicted molar refractivity (Wildman–Crippen MR) is 109 cm³/mol. The molecule has 0 aromatic carbocycles. The number of rotatable bonds is 6. The second-order valence-electron chi connectivity index (χ2n) is 8.67. The van der Waals surface area contributed by atoms with Crippen LogP contribution in [0.3, 0.4) is 0 Å². The molecule has 2 heterocycles. The molecule has 1 aliphatic heterocycles. The fraction of sp³-hybridized carbons (Fsp3) is 0.714. The van der Waals surface area contributed by atoms with E-state index in [1.807, 2.05) is 17.9 Å². The lowest BCUT2D eigenvalue weighted by Gasteiger charge is -2.29. The van der Waals surface area contributed by atoms with Crippen molar-refractivity contribution in [3.05, 3.63) is 17.5 Å². The van der Waals surface area contributed by atoms with E-state index in [2.05, 4.69) is 10.5 Å². The molecule has 1 saturated heterocycles. The van der Waals surface area contributed by atoms with E-state index in [1.54, 1.807) is 0 Å². The first-order valence-corrected chi connectivity index (χ1v) is 11.0. The molecule has 1 amide bonds. The van der Waals surface area contributed by atoms with Crippen LogP contribution in [0.4, 0.5) is 17.6 Å². The summed E-state index contributed by atoms with van der Waals surface area (Å²) in [6.07, 6.45) is -1.61. The molecule has 34 heavy (non-hydrogen) atoms. The number of likely N-dealkylation sites (tertiary alicyclic amines) is 1. The van der Waals surface area contributed by atoms with Gasteiger partial charge in [-0.1, -0.05) is 30.8 Å². The number of nitrogens with one attached hydrogen (secondary N) is 1. The van der Waals surface area contributed by atoms with Gasteiger partial charge in [0.05, 0.1) is 12.2 Å². The Balaban J connectivity index is 0.000000509. The molecular weight excluding hydrogens is 466 g/mol. The number of aromatic nitrogens is 1. The Hall–Kier alpha value is -2.70. The summed E-state index contributed by atoms with van der Waals surface area (Å²) in [5.41, 5.74) is -0.584. The van der Waals surface area contributed by atoms with Crippen LogP contribution in [0, 0.1) is 12.3 Å². The molecule has 0 radical (unpaired) electrons.